The Labute approximate surface area is 200 Å². The molecule has 0 fully saturated rings. The van der Waals surface area contributed by atoms with Crippen LogP contribution in [-0.2, 0) is 9.59 Å². The molecule has 0 spiro atoms. The van der Waals surface area contributed by atoms with Gasteiger partial charge in [0.15, 0.2) is 5.78 Å². The quantitative estimate of drug-likeness (QED) is 0.418. The Bertz CT molecular complexity index is 1430. The molecule has 0 saturated heterocycles. The van der Waals surface area contributed by atoms with E-state index in [1.165, 1.54) is 4.90 Å². The van der Waals surface area contributed by atoms with E-state index in [2.05, 4.69) is 10.3 Å². The first-order valence-electron chi connectivity index (χ1n) is 11.1. The molecule has 0 bridgehead atoms. The number of hydrogen-bond acceptors (Lipinski definition) is 4. The van der Waals surface area contributed by atoms with Crippen LogP contribution < -0.4 is 16.0 Å². The van der Waals surface area contributed by atoms with E-state index >= 15 is 0 Å². The van der Waals surface area contributed by atoms with E-state index in [9.17, 15) is 19.2 Å². The van der Waals surface area contributed by atoms with Crippen LogP contribution in [0.2, 0.25) is 0 Å². The summed E-state index contributed by atoms with van der Waals surface area (Å²) in [5.74, 6) is -3.22. The third kappa shape index (κ3) is 4.06. The molecule has 3 aromatic carbocycles. The monoisotopic (exact) mass is 466 g/mol. The van der Waals surface area contributed by atoms with Gasteiger partial charge in [-0.1, -0.05) is 60.7 Å². The van der Waals surface area contributed by atoms with Crippen LogP contribution in [0.25, 0.3) is 10.9 Å². The molecule has 8 nitrogen and oxygen atoms in total. The summed E-state index contributed by atoms with van der Waals surface area (Å²) in [5.41, 5.74) is 7.59. The van der Waals surface area contributed by atoms with E-state index in [0.717, 1.165) is 10.9 Å². The van der Waals surface area contributed by atoms with Crippen LogP contribution in [-0.4, -0.2) is 41.1 Å². The van der Waals surface area contributed by atoms with Gasteiger partial charge in [-0.15, -0.1) is 0 Å². The lowest BCUT2D eigenvalue weighted by molar-refractivity contribution is -0.123. The van der Waals surface area contributed by atoms with Crippen molar-refractivity contribution < 1.29 is 19.2 Å². The highest BCUT2D eigenvalue weighted by Gasteiger charge is 2.44. The molecule has 35 heavy (non-hydrogen) atoms. The second-order valence-electron chi connectivity index (χ2n) is 8.38. The second kappa shape index (κ2) is 8.90. The average Bonchev–Trinajstić information content (AvgIpc) is 3.28. The number of primary amides is 1. The minimum atomic E-state index is -1.27. The lowest BCUT2D eigenvalue weighted by Crippen LogP contribution is -2.53. The van der Waals surface area contributed by atoms with Crippen molar-refractivity contribution in [1.82, 2.24) is 10.3 Å². The molecule has 4 N–H and O–H groups in total. The Kier molecular flexibility index (Phi) is 5.62. The van der Waals surface area contributed by atoms with Crippen LogP contribution in [0.3, 0.4) is 0 Å². The number of aromatic amines is 1. The molecule has 2 unspecified atom stereocenters. The van der Waals surface area contributed by atoms with Crippen LogP contribution in [0.4, 0.5) is 5.69 Å². The van der Waals surface area contributed by atoms with Gasteiger partial charge in [0.1, 0.15) is 18.3 Å². The van der Waals surface area contributed by atoms with Gasteiger partial charge in [0, 0.05) is 16.5 Å². The highest BCUT2D eigenvalue weighted by atomic mass is 16.2. The SMILES string of the molecule is NC(=O)CN1C(=O)C(NC(=O)c2cc3ccccc3[nH]2)C(c2ccccc2)C(=O)c2ccccc21. The van der Waals surface area contributed by atoms with Crippen molar-refractivity contribution in [3.8, 4) is 0 Å². The number of hydrogen-bond donors (Lipinski definition) is 3. The zero-order chi connectivity index (χ0) is 24.5. The molecule has 1 aliphatic heterocycles. The Morgan fingerprint density at radius 1 is 0.914 bits per heavy atom. The molecule has 3 amide bonds. The van der Waals surface area contributed by atoms with E-state index < -0.39 is 36.2 Å². The van der Waals surface area contributed by atoms with E-state index in [-0.39, 0.29) is 22.7 Å². The number of rotatable bonds is 5. The summed E-state index contributed by atoms with van der Waals surface area (Å²) >= 11 is 0. The fourth-order valence-corrected chi connectivity index (χ4v) is 4.55. The molecule has 1 aliphatic rings. The highest BCUT2D eigenvalue weighted by molar-refractivity contribution is 6.17. The maximum atomic E-state index is 13.9. The van der Waals surface area contributed by atoms with Gasteiger partial charge in [-0.3, -0.25) is 19.2 Å². The third-order valence-corrected chi connectivity index (χ3v) is 6.14. The number of ketones is 1. The number of para-hydroxylation sites is 2. The maximum Gasteiger partial charge on any atom is 0.268 e. The molecule has 4 aromatic rings. The molecule has 8 heteroatoms. The van der Waals surface area contributed by atoms with Crippen molar-refractivity contribution in [3.05, 3.63) is 102 Å². The Balaban J connectivity index is 1.62. The first kappa shape index (κ1) is 22.1. The summed E-state index contributed by atoms with van der Waals surface area (Å²) in [6.07, 6.45) is 0. The number of anilines is 1. The zero-order valence-corrected chi connectivity index (χ0v) is 18.6. The summed E-state index contributed by atoms with van der Waals surface area (Å²) in [6, 6.07) is 23.2. The Morgan fingerprint density at radius 2 is 1.60 bits per heavy atom. The smallest absolute Gasteiger partial charge is 0.268 e. The predicted octanol–water partition coefficient (Wildman–Crippen LogP) is 2.76. The van der Waals surface area contributed by atoms with Crippen LogP contribution >= 0.6 is 0 Å². The van der Waals surface area contributed by atoms with Gasteiger partial charge >= 0.3 is 0 Å². The van der Waals surface area contributed by atoms with Gasteiger partial charge in [0.05, 0.1) is 11.6 Å². The first-order chi connectivity index (χ1) is 16.9. The molecular formula is C27H22N4O4. The number of fused-ring (bicyclic) bond motifs is 2. The van der Waals surface area contributed by atoms with Crippen molar-refractivity contribution >= 4 is 40.1 Å². The summed E-state index contributed by atoms with van der Waals surface area (Å²) < 4.78 is 0. The standard InChI is InChI=1S/C27H22N4O4/c28-22(32)15-31-21-13-7-5-11-18(21)25(33)23(16-8-2-1-3-9-16)24(27(31)35)30-26(34)20-14-17-10-4-6-12-19(17)29-20/h1-14,23-24,29H,15H2,(H2,28,32)(H,30,34). The Hall–Kier alpha value is -4.72. The number of carbonyl (C=O) groups is 4. The number of H-pyrrole nitrogens is 1. The lowest BCUT2D eigenvalue weighted by Gasteiger charge is -2.27. The number of nitrogens with one attached hydrogen (secondary N) is 2. The van der Waals surface area contributed by atoms with Crippen molar-refractivity contribution in [2.45, 2.75) is 12.0 Å². The van der Waals surface area contributed by atoms with Crippen LogP contribution in [0.5, 0.6) is 0 Å². The maximum absolute atomic E-state index is 13.9. The van der Waals surface area contributed by atoms with Crippen molar-refractivity contribution in [3.63, 3.8) is 0 Å². The average molecular weight is 466 g/mol. The van der Waals surface area contributed by atoms with Gasteiger partial charge in [0.2, 0.25) is 5.91 Å². The normalized spacial score (nSPS) is 17.7. The zero-order valence-electron chi connectivity index (χ0n) is 18.6. The fourth-order valence-electron chi connectivity index (χ4n) is 4.55. The van der Waals surface area contributed by atoms with Crippen LogP contribution in [0, 0.1) is 0 Å². The molecule has 5 rings (SSSR count). The predicted molar refractivity (Wildman–Crippen MR) is 131 cm³/mol. The largest absolute Gasteiger partial charge is 0.368 e. The second-order valence-corrected chi connectivity index (χ2v) is 8.38. The first-order valence-corrected chi connectivity index (χ1v) is 11.1. The topological polar surface area (TPSA) is 125 Å². The minimum Gasteiger partial charge on any atom is -0.368 e. The summed E-state index contributed by atoms with van der Waals surface area (Å²) in [4.78, 5) is 57.1. The molecule has 0 aliphatic carbocycles. The molecule has 2 atom stereocenters. The molecule has 0 radical (unpaired) electrons. The van der Waals surface area contributed by atoms with E-state index in [1.54, 1.807) is 60.7 Å². The van der Waals surface area contributed by atoms with Crippen molar-refractivity contribution in [2.75, 3.05) is 11.4 Å². The molecule has 174 valence electrons. The number of nitrogens with zero attached hydrogens (tertiary/aromatic N) is 1. The van der Waals surface area contributed by atoms with E-state index in [0.29, 0.717) is 5.56 Å². The fraction of sp³-hybridized carbons (Fsp3) is 0.111. The molecule has 0 saturated carbocycles. The van der Waals surface area contributed by atoms with Crippen LogP contribution in [0.15, 0.2) is 84.9 Å². The number of Topliss-reactive ketones (excluding diaryl/α,β-unsaturated/α-hetero) is 1. The molecular weight excluding hydrogens is 444 g/mol. The van der Waals surface area contributed by atoms with Gasteiger partial charge < -0.3 is 20.9 Å². The van der Waals surface area contributed by atoms with Crippen molar-refractivity contribution in [1.29, 1.82) is 0 Å². The van der Waals surface area contributed by atoms with Gasteiger partial charge in [-0.05, 0) is 29.8 Å². The third-order valence-electron chi connectivity index (χ3n) is 6.14. The number of nitrogens with two attached hydrogens (primary N) is 1. The van der Waals surface area contributed by atoms with Crippen molar-refractivity contribution in [2.24, 2.45) is 5.73 Å². The van der Waals surface area contributed by atoms with Crippen LogP contribution in [0.1, 0.15) is 32.3 Å². The van der Waals surface area contributed by atoms with Gasteiger partial charge in [0.25, 0.3) is 11.8 Å². The number of benzene rings is 3. The number of carbonyl (C=O) groups excluding carboxylic acids is 4. The summed E-state index contributed by atoms with van der Waals surface area (Å²) in [7, 11) is 0. The molecule has 2 heterocycles. The van der Waals surface area contributed by atoms with E-state index in [4.69, 9.17) is 5.73 Å². The van der Waals surface area contributed by atoms with Gasteiger partial charge in [-0.25, -0.2) is 0 Å². The minimum absolute atomic E-state index is 0.251. The molecule has 1 aromatic heterocycles. The highest BCUT2D eigenvalue weighted by Crippen LogP contribution is 2.35. The van der Waals surface area contributed by atoms with Gasteiger partial charge in [-0.2, -0.15) is 0 Å². The summed E-state index contributed by atoms with van der Waals surface area (Å²) in [5, 5.41) is 3.60. The lowest BCUT2D eigenvalue weighted by atomic mass is 9.85. The Morgan fingerprint density at radius 3 is 2.34 bits per heavy atom. The summed E-state index contributed by atoms with van der Waals surface area (Å²) in [6.45, 7) is -0.427. The van der Waals surface area contributed by atoms with E-state index in [1.807, 2.05) is 24.3 Å². The number of aromatic nitrogens is 1. The number of amides is 3.